The van der Waals surface area contributed by atoms with Crippen molar-refractivity contribution in [3.05, 3.63) is 0 Å². The maximum absolute atomic E-state index is 2.41. The van der Waals surface area contributed by atoms with E-state index in [1.54, 1.807) is 0 Å². The Kier molecular flexibility index (Phi) is 0.778. The summed E-state index contributed by atoms with van der Waals surface area (Å²) in [5.74, 6) is 4.47. The third kappa shape index (κ3) is 0.416. The van der Waals surface area contributed by atoms with E-state index in [4.69, 9.17) is 0 Å². The number of hydrogen-bond donors (Lipinski definition) is 0. The van der Waals surface area contributed by atoms with Crippen LogP contribution < -0.4 is 0 Å². The molecule has 2 rings (SSSR count). The quantitative estimate of drug-likeness (QED) is 0.449. The van der Waals surface area contributed by atoms with Crippen LogP contribution in [0.5, 0.6) is 0 Å². The van der Waals surface area contributed by atoms with Gasteiger partial charge in [-0.25, -0.2) is 0 Å². The van der Waals surface area contributed by atoms with Crippen LogP contribution in [0, 0.1) is 23.7 Å². The molecule has 4 atom stereocenters. The molecule has 3 unspecified atom stereocenters. The zero-order valence-electron chi connectivity index (χ0n) is 5.72. The zero-order valence-corrected chi connectivity index (χ0v) is 5.72. The van der Waals surface area contributed by atoms with Gasteiger partial charge in [-0.05, 0) is 30.1 Å². The van der Waals surface area contributed by atoms with Gasteiger partial charge in [-0.3, -0.25) is 0 Å². The Morgan fingerprint density at radius 2 is 1.88 bits per heavy atom. The standard InChI is InChI=1S/C8H14/c1-5-3-4-7-6(2)8(5)7/h5-8H,3-4H2,1-2H3/t5?,6?,7?,8-/m1/s1. The molecule has 0 aromatic heterocycles. The van der Waals surface area contributed by atoms with Crippen molar-refractivity contribution in [2.75, 3.05) is 0 Å². The Labute approximate surface area is 51.3 Å². The van der Waals surface area contributed by atoms with Gasteiger partial charge in [0.25, 0.3) is 0 Å². The van der Waals surface area contributed by atoms with Crippen LogP contribution in [0.1, 0.15) is 26.7 Å². The minimum Gasteiger partial charge on any atom is -0.0622 e. The molecule has 0 heterocycles. The van der Waals surface area contributed by atoms with Gasteiger partial charge in [0.1, 0.15) is 0 Å². The lowest BCUT2D eigenvalue weighted by Gasteiger charge is -2.02. The van der Waals surface area contributed by atoms with E-state index in [2.05, 4.69) is 13.8 Å². The van der Waals surface area contributed by atoms with E-state index in [0.29, 0.717) is 0 Å². The van der Waals surface area contributed by atoms with Crippen molar-refractivity contribution < 1.29 is 0 Å². The van der Waals surface area contributed by atoms with Gasteiger partial charge in [0.2, 0.25) is 0 Å². The number of hydrogen-bond acceptors (Lipinski definition) is 0. The van der Waals surface area contributed by atoms with Crippen molar-refractivity contribution in [2.45, 2.75) is 26.7 Å². The highest BCUT2D eigenvalue weighted by atomic mass is 14.6. The Balaban J connectivity index is 2.07. The summed E-state index contributed by atoms with van der Waals surface area (Å²) in [6, 6.07) is 0. The third-order valence-electron chi connectivity index (χ3n) is 3.25. The molecule has 0 N–H and O–H groups in total. The molecule has 2 aliphatic rings. The molecule has 0 bridgehead atoms. The molecule has 2 aliphatic carbocycles. The van der Waals surface area contributed by atoms with E-state index in [1.165, 1.54) is 12.8 Å². The highest BCUT2D eigenvalue weighted by Crippen LogP contribution is 2.59. The fourth-order valence-electron chi connectivity index (χ4n) is 2.62. The zero-order chi connectivity index (χ0) is 5.72. The lowest BCUT2D eigenvalue weighted by atomic mass is 10.0. The van der Waals surface area contributed by atoms with Gasteiger partial charge in [-0.1, -0.05) is 20.3 Å². The van der Waals surface area contributed by atoms with Crippen molar-refractivity contribution in [1.82, 2.24) is 0 Å². The maximum Gasteiger partial charge on any atom is -0.0329 e. The molecule has 0 amide bonds. The topological polar surface area (TPSA) is 0 Å². The van der Waals surface area contributed by atoms with Crippen molar-refractivity contribution in [2.24, 2.45) is 23.7 Å². The third-order valence-corrected chi connectivity index (χ3v) is 3.25. The molecule has 0 heteroatoms. The second-order valence-electron chi connectivity index (χ2n) is 3.65. The van der Waals surface area contributed by atoms with Gasteiger partial charge in [0, 0.05) is 0 Å². The van der Waals surface area contributed by atoms with Crippen LogP contribution in [0.4, 0.5) is 0 Å². The lowest BCUT2D eigenvalue weighted by molar-refractivity contribution is 0.483. The summed E-state index contributed by atoms with van der Waals surface area (Å²) in [5, 5.41) is 0. The summed E-state index contributed by atoms with van der Waals surface area (Å²) in [5.41, 5.74) is 0. The molecule has 0 aromatic rings. The second-order valence-corrected chi connectivity index (χ2v) is 3.65. The fraction of sp³-hybridized carbons (Fsp3) is 1.00. The fourth-order valence-corrected chi connectivity index (χ4v) is 2.62. The molecule has 0 aliphatic heterocycles. The summed E-state index contributed by atoms with van der Waals surface area (Å²) < 4.78 is 0. The van der Waals surface area contributed by atoms with Gasteiger partial charge >= 0.3 is 0 Å². The molecule has 0 radical (unpaired) electrons. The minimum absolute atomic E-state index is 1.06. The maximum atomic E-state index is 2.41. The van der Waals surface area contributed by atoms with Crippen molar-refractivity contribution in [1.29, 1.82) is 0 Å². The predicted octanol–water partition coefficient (Wildman–Crippen LogP) is 2.30. The first-order valence-electron chi connectivity index (χ1n) is 3.80. The summed E-state index contributed by atoms with van der Waals surface area (Å²) >= 11 is 0. The van der Waals surface area contributed by atoms with E-state index in [1.807, 2.05) is 0 Å². The molecule has 0 aromatic carbocycles. The van der Waals surface area contributed by atoms with E-state index in [-0.39, 0.29) is 0 Å². The largest absolute Gasteiger partial charge is 0.0622 e. The number of fused-ring (bicyclic) bond motifs is 1. The normalized spacial score (nSPS) is 60.8. The predicted molar refractivity (Wildman–Crippen MR) is 34.5 cm³/mol. The highest BCUT2D eigenvalue weighted by Gasteiger charge is 2.52. The van der Waals surface area contributed by atoms with E-state index < -0.39 is 0 Å². The van der Waals surface area contributed by atoms with Crippen LogP contribution in [0.2, 0.25) is 0 Å². The van der Waals surface area contributed by atoms with Crippen LogP contribution in [0.25, 0.3) is 0 Å². The first-order valence-corrected chi connectivity index (χ1v) is 3.80. The Morgan fingerprint density at radius 1 is 1.12 bits per heavy atom. The molecule has 0 nitrogen and oxygen atoms in total. The molecule has 0 saturated heterocycles. The number of rotatable bonds is 0. The summed E-state index contributed by atoms with van der Waals surface area (Å²) in [6.07, 6.45) is 3.05. The van der Waals surface area contributed by atoms with Crippen LogP contribution in [0.15, 0.2) is 0 Å². The summed E-state index contributed by atoms with van der Waals surface area (Å²) in [7, 11) is 0. The smallest absolute Gasteiger partial charge is 0.0329 e. The second kappa shape index (κ2) is 1.29. The molecule has 0 spiro atoms. The first kappa shape index (κ1) is 4.84. The van der Waals surface area contributed by atoms with Crippen LogP contribution in [-0.4, -0.2) is 0 Å². The molecular weight excluding hydrogens is 96.1 g/mol. The monoisotopic (exact) mass is 110 g/mol. The molecule has 2 fully saturated rings. The van der Waals surface area contributed by atoms with Crippen molar-refractivity contribution in [3.8, 4) is 0 Å². The van der Waals surface area contributed by atoms with Gasteiger partial charge in [0.15, 0.2) is 0 Å². The molecule has 2 saturated carbocycles. The molecular formula is C8H14. The SMILES string of the molecule is CC1CCC2C(C)[C@@H]12. The van der Waals surface area contributed by atoms with Crippen LogP contribution >= 0.6 is 0 Å². The minimum atomic E-state index is 1.06. The van der Waals surface area contributed by atoms with Crippen molar-refractivity contribution >= 4 is 0 Å². The molecule has 8 heavy (non-hydrogen) atoms. The highest BCUT2D eigenvalue weighted by molar-refractivity contribution is 5.01. The van der Waals surface area contributed by atoms with Crippen LogP contribution in [-0.2, 0) is 0 Å². The van der Waals surface area contributed by atoms with Gasteiger partial charge < -0.3 is 0 Å². The van der Waals surface area contributed by atoms with E-state index in [0.717, 1.165) is 23.7 Å². The van der Waals surface area contributed by atoms with Gasteiger partial charge in [-0.15, -0.1) is 0 Å². The van der Waals surface area contributed by atoms with E-state index in [9.17, 15) is 0 Å². The van der Waals surface area contributed by atoms with Crippen LogP contribution in [0.3, 0.4) is 0 Å². The van der Waals surface area contributed by atoms with E-state index >= 15 is 0 Å². The molecule has 46 valence electrons. The van der Waals surface area contributed by atoms with Gasteiger partial charge in [-0.2, -0.15) is 0 Å². The Morgan fingerprint density at radius 3 is 2.12 bits per heavy atom. The Hall–Kier alpha value is 0. The lowest BCUT2D eigenvalue weighted by Crippen LogP contribution is -1.93. The Bertz CT molecular complexity index is 105. The average Bonchev–Trinajstić information content (AvgIpc) is 2.13. The van der Waals surface area contributed by atoms with Crippen molar-refractivity contribution in [3.63, 3.8) is 0 Å². The summed E-state index contributed by atoms with van der Waals surface area (Å²) in [4.78, 5) is 0. The average molecular weight is 110 g/mol. The van der Waals surface area contributed by atoms with Gasteiger partial charge in [0.05, 0.1) is 0 Å². The summed E-state index contributed by atoms with van der Waals surface area (Å²) in [6.45, 7) is 4.82. The first-order chi connectivity index (χ1) is 3.80.